The minimum Gasteiger partial charge on any atom is -0.480 e. The zero-order valence-electron chi connectivity index (χ0n) is 40.4. The van der Waals surface area contributed by atoms with Gasteiger partial charge in [-0.1, -0.05) is 204 Å². The summed E-state index contributed by atoms with van der Waals surface area (Å²) in [5, 5.41) is 8.93. The monoisotopic (exact) mass is 910 g/mol. The van der Waals surface area contributed by atoms with Crippen molar-refractivity contribution in [3.8, 4) is 0 Å². The molecule has 0 aliphatic carbocycles. The first-order chi connectivity index (χ1) is 30.7. The summed E-state index contributed by atoms with van der Waals surface area (Å²) in [6, 6.07) is -1.48. The van der Waals surface area contributed by atoms with Crippen LogP contribution in [0.15, 0.2) is 48.6 Å². The fraction of sp³-hybridized carbons (Fsp3) is 0.808. The third-order valence-corrected chi connectivity index (χ3v) is 12.0. The quantitative estimate of drug-likeness (QED) is 0.0232. The van der Waals surface area contributed by atoms with Crippen molar-refractivity contribution < 1.29 is 42.7 Å². The van der Waals surface area contributed by atoms with E-state index in [4.69, 9.17) is 29.4 Å². The summed E-state index contributed by atoms with van der Waals surface area (Å²) >= 11 is 0. The molecular weight excluding hydrogens is 814 g/mol. The van der Waals surface area contributed by atoms with E-state index in [1.807, 2.05) is 0 Å². The number of esters is 1. The number of carbonyl (C=O) groups is 2. The van der Waals surface area contributed by atoms with Gasteiger partial charge >= 0.3 is 19.8 Å². The van der Waals surface area contributed by atoms with Crippen molar-refractivity contribution >= 4 is 19.8 Å². The van der Waals surface area contributed by atoms with Gasteiger partial charge in [-0.3, -0.25) is 18.6 Å². The third kappa shape index (κ3) is 47.7. The summed E-state index contributed by atoms with van der Waals surface area (Å²) in [7, 11) is -4.62. The number of unbranched alkanes of at least 4 members (excludes halogenated alkanes) is 27. The molecule has 63 heavy (non-hydrogen) atoms. The minimum atomic E-state index is -4.62. The van der Waals surface area contributed by atoms with Crippen LogP contribution in [0.3, 0.4) is 0 Å². The molecule has 0 fully saturated rings. The number of phosphoric ester groups is 1. The smallest absolute Gasteiger partial charge is 0.472 e. The van der Waals surface area contributed by atoms with E-state index in [9.17, 15) is 19.0 Å². The predicted molar refractivity (Wildman–Crippen MR) is 263 cm³/mol. The summed E-state index contributed by atoms with van der Waals surface area (Å²) in [6.45, 7) is 3.79. The molecule has 0 rings (SSSR count). The number of phosphoric acid groups is 1. The highest BCUT2D eigenvalue weighted by atomic mass is 31.2. The highest BCUT2D eigenvalue weighted by Crippen LogP contribution is 2.43. The summed E-state index contributed by atoms with van der Waals surface area (Å²) < 4.78 is 33.5. The second-order valence-corrected chi connectivity index (χ2v) is 18.7. The van der Waals surface area contributed by atoms with Gasteiger partial charge in [0.15, 0.2) is 0 Å². The number of hydrogen-bond donors (Lipinski definition) is 3. The number of aliphatic carboxylic acids is 1. The average Bonchev–Trinajstić information content (AvgIpc) is 3.26. The lowest BCUT2D eigenvalue weighted by atomic mass is 10.0. The Kier molecular flexibility index (Phi) is 46.3. The van der Waals surface area contributed by atoms with Crippen molar-refractivity contribution in [2.45, 2.75) is 244 Å². The lowest BCUT2D eigenvalue weighted by molar-refractivity contribution is -0.154. The maximum Gasteiger partial charge on any atom is 0.472 e. The first-order valence-corrected chi connectivity index (χ1v) is 27.2. The minimum absolute atomic E-state index is 0.0129. The predicted octanol–water partition coefficient (Wildman–Crippen LogP) is 15.0. The Hall–Kier alpha value is -2.07. The number of rotatable bonds is 49. The van der Waals surface area contributed by atoms with Crippen molar-refractivity contribution in [3.63, 3.8) is 0 Å². The molecule has 0 radical (unpaired) electrons. The molecule has 11 heteroatoms. The van der Waals surface area contributed by atoms with E-state index in [1.165, 1.54) is 141 Å². The van der Waals surface area contributed by atoms with E-state index in [-0.39, 0.29) is 13.0 Å². The molecule has 0 saturated heterocycles. The molecule has 3 unspecified atom stereocenters. The average molecular weight is 910 g/mol. The highest BCUT2D eigenvalue weighted by molar-refractivity contribution is 7.47. The van der Waals surface area contributed by atoms with Gasteiger partial charge in [0.25, 0.3) is 0 Å². The fourth-order valence-corrected chi connectivity index (χ4v) is 7.92. The van der Waals surface area contributed by atoms with Gasteiger partial charge in [-0.25, -0.2) is 4.57 Å². The molecule has 368 valence electrons. The molecule has 0 aliphatic heterocycles. The van der Waals surface area contributed by atoms with Crippen LogP contribution < -0.4 is 5.73 Å². The van der Waals surface area contributed by atoms with Crippen LogP contribution in [0.1, 0.15) is 232 Å². The van der Waals surface area contributed by atoms with Gasteiger partial charge in [-0.2, -0.15) is 0 Å². The number of ether oxygens (including phenoxy) is 2. The van der Waals surface area contributed by atoms with E-state index in [2.05, 4.69) is 62.5 Å². The Balaban J connectivity index is 4.11. The molecule has 0 aromatic carbocycles. The fourth-order valence-electron chi connectivity index (χ4n) is 7.14. The second-order valence-electron chi connectivity index (χ2n) is 17.3. The lowest BCUT2D eigenvalue weighted by Gasteiger charge is -2.20. The molecule has 0 heterocycles. The van der Waals surface area contributed by atoms with Crippen LogP contribution in [-0.4, -0.2) is 60.5 Å². The molecule has 0 aromatic heterocycles. The summed E-state index contributed by atoms with van der Waals surface area (Å²) in [5.74, 6) is -1.78. The van der Waals surface area contributed by atoms with Crippen LogP contribution in [0.25, 0.3) is 0 Å². The van der Waals surface area contributed by atoms with Crippen LogP contribution in [0.4, 0.5) is 0 Å². The molecule has 0 amide bonds. The van der Waals surface area contributed by atoms with Crippen LogP contribution in [0.2, 0.25) is 0 Å². The molecule has 4 N–H and O–H groups in total. The number of nitrogens with two attached hydrogens (primary N) is 1. The topological polar surface area (TPSA) is 155 Å². The van der Waals surface area contributed by atoms with Gasteiger partial charge in [-0.05, 0) is 70.6 Å². The van der Waals surface area contributed by atoms with Crippen molar-refractivity contribution in [2.24, 2.45) is 5.73 Å². The molecule has 10 nitrogen and oxygen atoms in total. The van der Waals surface area contributed by atoms with Crippen LogP contribution >= 0.6 is 7.82 Å². The van der Waals surface area contributed by atoms with Gasteiger partial charge in [0, 0.05) is 13.0 Å². The molecule has 0 spiro atoms. The van der Waals surface area contributed by atoms with E-state index >= 15 is 0 Å². The third-order valence-electron chi connectivity index (χ3n) is 11.1. The molecular formula is C52H96NO9P. The SMILES string of the molecule is CC/C=C\C/C=C\C/C=C\CCCCCCCCCC(=O)OC(COCCCCCCCCCCCCCC/C=C\CCCCCCCCCC)COP(=O)(O)OCC(N)C(=O)O. The van der Waals surface area contributed by atoms with Gasteiger partial charge < -0.3 is 25.2 Å². The molecule has 0 bridgehead atoms. The van der Waals surface area contributed by atoms with Gasteiger partial charge in [0.05, 0.1) is 19.8 Å². The Labute approximate surface area is 386 Å². The Bertz CT molecular complexity index is 1190. The first-order valence-electron chi connectivity index (χ1n) is 25.7. The van der Waals surface area contributed by atoms with Crippen molar-refractivity contribution in [1.82, 2.24) is 0 Å². The maximum atomic E-state index is 12.7. The van der Waals surface area contributed by atoms with Gasteiger partial charge in [-0.15, -0.1) is 0 Å². The summed E-state index contributed by atoms with van der Waals surface area (Å²) in [6.07, 6.45) is 57.4. The number of hydrogen-bond acceptors (Lipinski definition) is 8. The van der Waals surface area contributed by atoms with E-state index in [0.717, 1.165) is 64.2 Å². The summed E-state index contributed by atoms with van der Waals surface area (Å²) in [4.78, 5) is 33.7. The van der Waals surface area contributed by atoms with Crippen LogP contribution in [-0.2, 0) is 32.7 Å². The van der Waals surface area contributed by atoms with Gasteiger partial charge in [0.1, 0.15) is 12.1 Å². The van der Waals surface area contributed by atoms with Crippen LogP contribution in [0, 0.1) is 0 Å². The van der Waals surface area contributed by atoms with E-state index < -0.39 is 45.1 Å². The molecule has 0 saturated carbocycles. The van der Waals surface area contributed by atoms with Crippen LogP contribution in [0.5, 0.6) is 0 Å². The van der Waals surface area contributed by atoms with E-state index in [0.29, 0.717) is 13.0 Å². The molecule has 0 aromatic rings. The zero-order chi connectivity index (χ0) is 46.2. The Morgan fingerprint density at radius 1 is 0.524 bits per heavy atom. The molecule has 3 atom stereocenters. The van der Waals surface area contributed by atoms with Crippen molar-refractivity contribution in [3.05, 3.63) is 48.6 Å². The number of carboxylic acid groups (broad SMARTS) is 1. The second kappa shape index (κ2) is 47.9. The number of allylic oxidation sites excluding steroid dienone is 8. The van der Waals surface area contributed by atoms with Gasteiger partial charge in [0.2, 0.25) is 0 Å². The number of carboxylic acids is 1. The largest absolute Gasteiger partial charge is 0.480 e. The zero-order valence-corrected chi connectivity index (χ0v) is 41.3. The van der Waals surface area contributed by atoms with Crippen molar-refractivity contribution in [1.29, 1.82) is 0 Å². The van der Waals surface area contributed by atoms with E-state index in [1.54, 1.807) is 0 Å². The Morgan fingerprint density at radius 3 is 1.40 bits per heavy atom. The highest BCUT2D eigenvalue weighted by Gasteiger charge is 2.27. The lowest BCUT2D eigenvalue weighted by Crippen LogP contribution is -2.34. The normalized spacial score (nSPS) is 14.1. The summed E-state index contributed by atoms with van der Waals surface area (Å²) in [5.41, 5.74) is 5.37. The molecule has 0 aliphatic rings. The first kappa shape index (κ1) is 60.9. The number of carbonyl (C=O) groups excluding carboxylic acids is 1. The standard InChI is InChI=1S/C52H96NO9P/c1-3-5-7-9-11-13-15-17-19-21-22-23-24-25-26-27-29-31-33-35-37-39-41-43-45-59-46-49(47-60-63(57,58)61-48-50(53)52(55)56)62-51(54)44-42-40-38-36-34-32-30-28-20-18-16-14-12-10-8-6-4-2/h6,8,12,14,18,20-22,49-50H,3-5,7,9-11,13,15-17,19,23-48,53H2,1-2H3,(H,55,56)(H,57,58)/b8-6-,14-12-,20-18-,22-21-. The van der Waals surface area contributed by atoms with Crippen molar-refractivity contribution in [2.75, 3.05) is 26.4 Å². The Morgan fingerprint density at radius 2 is 0.921 bits per heavy atom. The maximum absolute atomic E-state index is 12.7.